The molecule has 15 heteroatoms. The van der Waals surface area contributed by atoms with Crippen molar-refractivity contribution in [1.29, 1.82) is 5.26 Å². The molecule has 1 aliphatic heterocycles. The van der Waals surface area contributed by atoms with Gasteiger partial charge in [-0.05, 0) is 44.4 Å². The Hall–Kier alpha value is -4.84. The van der Waals surface area contributed by atoms with Crippen LogP contribution in [0.25, 0.3) is 11.2 Å². The van der Waals surface area contributed by atoms with Crippen molar-refractivity contribution in [1.82, 2.24) is 24.2 Å². The Morgan fingerprint density at radius 2 is 1.57 bits per heavy atom. The molecule has 58 heavy (non-hydrogen) atoms. The lowest BCUT2D eigenvalue weighted by Gasteiger charge is -2.50. The minimum absolute atomic E-state index is 0.0199. The largest absolute Gasteiger partial charge is 0.347 e. The molecule has 2 aromatic heterocycles. The van der Waals surface area contributed by atoms with Crippen LogP contribution in [0.3, 0.4) is 0 Å². The maximum absolute atomic E-state index is 13.8. The quantitative estimate of drug-likeness (QED) is 0.0384. The number of rotatable bonds is 17. The van der Waals surface area contributed by atoms with Gasteiger partial charge in [-0.1, -0.05) is 105 Å². The highest BCUT2D eigenvalue weighted by atomic mass is 31.2. The van der Waals surface area contributed by atoms with E-state index in [0.29, 0.717) is 0 Å². The van der Waals surface area contributed by atoms with Gasteiger partial charge in [-0.25, -0.2) is 19.7 Å². The van der Waals surface area contributed by atoms with Gasteiger partial charge in [-0.3, -0.25) is 24.5 Å². The van der Waals surface area contributed by atoms with Crippen molar-refractivity contribution in [2.45, 2.75) is 89.8 Å². The number of benzene rings is 3. The molecule has 1 saturated heterocycles. The topological polar surface area (TPSA) is 177 Å². The number of nitriles is 1. The average molecular weight is 811 g/mol. The lowest BCUT2D eigenvalue weighted by atomic mass is 9.61. The highest BCUT2D eigenvalue weighted by Crippen LogP contribution is 2.66. The van der Waals surface area contributed by atoms with Gasteiger partial charge >= 0.3 is 7.87 Å². The third-order valence-corrected chi connectivity index (χ3v) is 13.7. The Morgan fingerprint density at radius 1 is 1.02 bits per heavy atom. The average Bonchev–Trinajstić information content (AvgIpc) is 3.80. The number of fused-ring (bicyclic) bond motifs is 1. The number of nitrogens with one attached hydrogen (secondary N) is 2. The standard InChI is InChI=1S/C43H52N7O7P/c1-29(2)39(51)47-41-46-38-37(40(52)48-41)45-28-49(38)42(43(32-18-11-8-12-19-32,33-20-13-9-14-21-33)34-22-15-10-16-23-34)26-35(36(56-42)27-55-54-7)57-58(53,25-17-24-44)50(30(3)4)31(5)6/h8-16,18-23,28-31,35-36,53H,17,25-27H2,1-7H3,(H-,46,47,48,51,52)/p+1/t35-,36+,42-,58?/m0/s1. The lowest BCUT2D eigenvalue weighted by Crippen LogP contribution is -2.55. The number of ether oxygens (including phenoxy) is 1. The number of carbonyl (C=O) groups excluding carboxylic acids is 1. The first-order valence-electron chi connectivity index (χ1n) is 19.6. The van der Waals surface area contributed by atoms with Crippen molar-refractivity contribution in [3.05, 3.63) is 124 Å². The van der Waals surface area contributed by atoms with Gasteiger partial charge in [-0.15, -0.1) is 4.67 Å². The molecule has 0 aliphatic carbocycles. The zero-order chi connectivity index (χ0) is 41.7. The minimum atomic E-state index is -3.53. The van der Waals surface area contributed by atoms with Crippen LogP contribution in [0.15, 0.2) is 102 Å². The minimum Gasteiger partial charge on any atom is -0.345 e. The highest BCUT2D eigenvalue weighted by Gasteiger charge is 2.66. The molecule has 0 saturated carbocycles. The fourth-order valence-corrected chi connectivity index (χ4v) is 11.3. The SMILES string of the molecule is COOC[C@H]1O[C@](n2cnc3c(=O)[nH]c(NC(=O)C(C)C)nc32)(C(c2ccccc2)(c2ccccc2)c2ccccc2)C[C@@H]1O[P+](O)(CCC#N)N(C(C)C)C(C)C. The lowest BCUT2D eigenvalue weighted by molar-refractivity contribution is -0.295. The fraction of sp³-hybridized carbons (Fsp3) is 0.419. The highest BCUT2D eigenvalue weighted by molar-refractivity contribution is 7.63. The summed E-state index contributed by atoms with van der Waals surface area (Å²) in [5.74, 6) is -0.779. The number of hydrogen-bond donors (Lipinski definition) is 3. The molecular weight excluding hydrogens is 757 g/mol. The first kappa shape index (κ1) is 42.8. The number of imidazole rings is 1. The fourth-order valence-electron chi connectivity index (χ4n) is 8.43. The van der Waals surface area contributed by atoms with Gasteiger partial charge in [0, 0.05) is 24.4 Å². The van der Waals surface area contributed by atoms with E-state index in [1.54, 1.807) is 18.4 Å². The normalized spacial score (nSPS) is 19.6. The Balaban J connectivity index is 1.74. The van der Waals surface area contributed by atoms with Crippen LogP contribution in [0.1, 0.15) is 71.1 Å². The second-order valence-electron chi connectivity index (χ2n) is 15.3. The summed E-state index contributed by atoms with van der Waals surface area (Å²) in [4.78, 5) is 62.6. The first-order valence-corrected chi connectivity index (χ1v) is 21.4. The van der Waals surface area contributed by atoms with E-state index >= 15 is 0 Å². The van der Waals surface area contributed by atoms with Gasteiger partial charge < -0.3 is 4.74 Å². The summed E-state index contributed by atoms with van der Waals surface area (Å²) in [5.41, 5.74) is -0.750. The molecule has 3 aromatic carbocycles. The number of hydrogen-bond acceptors (Lipinski definition) is 11. The monoisotopic (exact) mass is 810 g/mol. The van der Waals surface area contributed by atoms with Crippen LogP contribution in [-0.4, -0.2) is 79.2 Å². The summed E-state index contributed by atoms with van der Waals surface area (Å²) < 4.78 is 18.4. The zero-order valence-electron chi connectivity index (χ0n) is 34.0. The van der Waals surface area contributed by atoms with Crippen molar-refractivity contribution in [3.8, 4) is 6.07 Å². The molecule has 306 valence electrons. The van der Waals surface area contributed by atoms with Crippen molar-refractivity contribution in [2.75, 3.05) is 25.2 Å². The molecule has 6 rings (SSSR count). The van der Waals surface area contributed by atoms with Crippen molar-refractivity contribution < 1.29 is 28.7 Å². The zero-order valence-corrected chi connectivity index (χ0v) is 34.9. The molecule has 3 N–H and O–H groups in total. The van der Waals surface area contributed by atoms with E-state index in [1.807, 2.05) is 123 Å². The number of H-pyrrole nitrogens is 1. The molecule has 1 unspecified atom stereocenters. The smallest absolute Gasteiger partial charge is 0.345 e. The number of aromatic nitrogens is 4. The number of anilines is 1. The van der Waals surface area contributed by atoms with Gasteiger partial charge in [0.2, 0.25) is 11.9 Å². The summed E-state index contributed by atoms with van der Waals surface area (Å²) in [6.07, 6.45) is -0.0502. The molecule has 1 amide bonds. The van der Waals surface area contributed by atoms with Crippen LogP contribution < -0.4 is 10.9 Å². The molecule has 1 aliphatic rings. The van der Waals surface area contributed by atoms with E-state index in [-0.39, 0.29) is 60.7 Å². The Bertz CT molecular complexity index is 2140. The first-order chi connectivity index (χ1) is 27.8. The predicted molar refractivity (Wildman–Crippen MR) is 222 cm³/mol. The number of amides is 1. The molecule has 0 bridgehead atoms. The third kappa shape index (κ3) is 7.96. The maximum Gasteiger partial charge on any atom is 0.347 e. The molecule has 1 fully saturated rings. The second-order valence-corrected chi connectivity index (χ2v) is 17.7. The van der Waals surface area contributed by atoms with Gasteiger partial charge in [0.15, 0.2) is 16.9 Å². The predicted octanol–water partition coefficient (Wildman–Crippen LogP) is 6.94. The Morgan fingerprint density at radius 3 is 2.05 bits per heavy atom. The van der Waals surface area contributed by atoms with E-state index < -0.39 is 42.7 Å². The number of nitrogens with zero attached hydrogens (tertiary/aromatic N) is 5. The van der Waals surface area contributed by atoms with E-state index in [9.17, 15) is 19.7 Å². The van der Waals surface area contributed by atoms with Crippen LogP contribution in [0.4, 0.5) is 5.95 Å². The number of carbonyl (C=O) groups is 1. The van der Waals surface area contributed by atoms with E-state index in [4.69, 9.17) is 24.0 Å². The molecule has 0 radical (unpaired) electrons. The summed E-state index contributed by atoms with van der Waals surface area (Å²) in [6, 6.07) is 31.7. The van der Waals surface area contributed by atoms with Gasteiger partial charge in [-0.2, -0.15) is 14.8 Å². The van der Waals surface area contributed by atoms with E-state index in [2.05, 4.69) is 21.4 Å². The van der Waals surface area contributed by atoms with Crippen molar-refractivity contribution in [2.24, 2.45) is 5.92 Å². The summed E-state index contributed by atoms with van der Waals surface area (Å²) in [6.45, 7) is 11.3. The van der Waals surface area contributed by atoms with Gasteiger partial charge in [0.1, 0.15) is 25.0 Å². The summed E-state index contributed by atoms with van der Waals surface area (Å²) in [7, 11) is -2.12. The molecule has 14 nitrogen and oxygen atoms in total. The Kier molecular flexibility index (Phi) is 13.2. The van der Waals surface area contributed by atoms with E-state index in [0.717, 1.165) is 16.7 Å². The van der Waals surface area contributed by atoms with Gasteiger partial charge in [0.05, 0.1) is 31.3 Å². The van der Waals surface area contributed by atoms with Crippen LogP contribution in [0.5, 0.6) is 0 Å². The molecule has 5 aromatic rings. The molecule has 3 heterocycles. The van der Waals surface area contributed by atoms with E-state index in [1.165, 1.54) is 13.4 Å². The van der Waals surface area contributed by atoms with Crippen molar-refractivity contribution in [3.63, 3.8) is 0 Å². The second kappa shape index (κ2) is 18.0. The molecule has 4 atom stereocenters. The summed E-state index contributed by atoms with van der Waals surface area (Å²) in [5, 5.41) is 12.5. The number of aromatic amines is 1. The van der Waals surface area contributed by atoms with Crippen molar-refractivity contribution >= 4 is 30.9 Å². The third-order valence-electron chi connectivity index (χ3n) is 10.6. The Labute approximate surface area is 339 Å². The summed E-state index contributed by atoms with van der Waals surface area (Å²) >= 11 is 0. The maximum atomic E-state index is 13.8. The van der Waals surface area contributed by atoms with Crippen LogP contribution in [-0.2, 0) is 35.0 Å². The van der Waals surface area contributed by atoms with Gasteiger partial charge in [0.25, 0.3) is 5.56 Å². The van der Waals surface area contributed by atoms with Crippen LogP contribution in [0, 0.1) is 17.2 Å². The molecular formula is C43H53N7O7P+. The van der Waals surface area contributed by atoms with Crippen LogP contribution >= 0.6 is 7.87 Å². The molecule has 0 spiro atoms. The van der Waals surface area contributed by atoms with Crippen LogP contribution in [0.2, 0.25) is 0 Å².